The Bertz CT molecular complexity index is 538. The summed E-state index contributed by atoms with van der Waals surface area (Å²) in [7, 11) is -3.15. The summed E-state index contributed by atoms with van der Waals surface area (Å²) in [5, 5.41) is 3.43. The fourth-order valence-electron chi connectivity index (χ4n) is 2.57. The van der Waals surface area contributed by atoms with Crippen LogP contribution >= 0.6 is 0 Å². The number of benzene rings is 1. The van der Waals surface area contributed by atoms with Crippen molar-refractivity contribution in [2.75, 3.05) is 17.6 Å². The molecule has 3 N–H and O–H groups in total. The molecule has 0 amide bonds. The lowest BCUT2D eigenvalue weighted by Gasteiger charge is -2.32. The normalized spacial score (nSPS) is 15.0. The van der Waals surface area contributed by atoms with Crippen molar-refractivity contribution in [1.82, 2.24) is 0 Å². The first-order valence-electron chi connectivity index (χ1n) is 7.53. The van der Waals surface area contributed by atoms with Crippen LogP contribution < -0.4 is 11.1 Å². The Hall–Kier alpha value is -1.07. The highest BCUT2D eigenvalue weighted by Crippen LogP contribution is 2.23. The SMILES string of the molecule is CCCS(=O)(=O)c1ccc(NC(C)(CN)CC(C)C)cc1. The van der Waals surface area contributed by atoms with Crippen molar-refractivity contribution in [3.8, 4) is 0 Å². The predicted octanol–water partition coefficient (Wildman–Crippen LogP) is 3.05. The highest BCUT2D eigenvalue weighted by atomic mass is 32.2. The van der Waals surface area contributed by atoms with E-state index in [0.717, 1.165) is 12.1 Å². The Morgan fingerprint density at radius 1 is 1.24 bits per heavy atom. The summed E-state index contributed by atoms with van der Waals surface area (Å²) >= 11 is 0. The van der Waals surface area contributed by atoms with Gasteiger partial charge in [-0.1, -0.05) is 20.8 Å². The van der Waals surface area contributed by atoms with E-state index in [2.05, 4.69) is 26.1 Å². The monoisotopic (exact) mass is 312 g/mol. The lowest BCUT2D eigenvalue weighted by atomic mass is 9.90. The summed E-state index contributed by atoms with van der Waals surface area (Å²) in [6.45, 7) is 8.81. The summed E-state index contributed by atoms with van der Waals surface area (Å²) in [4.78, 5) is 0.383. The minimum atomic E-state index is -3.15. The Balaban J connectivity index is 2.88. The van der Waals surface area contributed by atoms with Crippen LogP contribution in [-0.2, 0) is 9.84 Å². The van der Waals surface area contributed by atoms with Gasteiger partial charge in [0.25, 0.3) is 0 Å². The quantitative estimate of drug-likeness (QED) is 0.774. The molecule has 0 aromatic heterocycles. The van der Waals surface area contributed by atoms with Crippen LogP contribution in [0.1, 0.15) is 40.5 Å². The van der Waals surface area contributed by atoms with E-state index in [-0.39, 0.29) is 11.3 Å². The summed E-state index contributed by atoms with van der Waals surface area (Å²) in [6.07, 6.45) is 1.58. The summed E-state index contributed by atoms with van der Waals surface area (Å²) < 4.78 is 24.0. The molecule has 1 unspecified atom stereocenters. The smallest absolute Gasteiger partial charge is 0.178 e. The molecule has 1 rings (SSSR count). The predicted molar refractivity (Wildman–Crippen MR) is 89.3 cm³/mol. The van der Waals surface area contributed by atoms with Crippen LogP contribution in [0.25, 0.3) is 0 Å². The molecule has 5 heteroatoms. The van der Waals surface area contributed by atoms with Gasteiger partial charge in [-0.3, -0.25) is 0 Å². The van der Waals surface area contributed by atoms with Gasteiger partial charge < -0.3 is 11.1 Å². The van der Waals surface area contributed by atoms with Crippen molar-refractivity contribution in [2.24, 2.45) is 11.7 Å². The lowest BCUT2D eigenvalue weighted by molar-refractivity contribution is 0.407. The fourth-order valence-corrected chi connectivity index (χ4v) is 3.89. The lowest BCUT2D eigenvalue weighted by Crippen LogP contribution is -2.43. The molecular formula is C16H28N2O2S. The maximum Gasteiger partial charge on any atom is 0.178 e. The summed E-state index contributed by atoms with van der Waals surface area (Å²) in [5.41, 5.74) is 6.60. The molecule has 120 valence electrons. The van der Waals surface area contributed by atoms with E-state index in [1.807, 2.05) is 19.1 Å². The van der Waals surface area contributed by atoms with Crippen LogP contribution in [0.4, 0.5) is 5.69 Å². The van der Waals surface area contributed by atoms with Crippen LogP contribution in [-0.4, -0.2) is 26.3 Å². The van der Waals surface area contributed by atoms with E-state index in [0.29, 0.717) is 23.8 Å². The molecular weight excluding hydrogens is 284 g/mol. The third-order valence-corrected chi connectivity index (χ3v) is 5.38. The maximum atomic E-state index is 12.0. The van der Waals surface area contributed by atoms with E-state index >= 15 is 0 Å². The number of hydrogen-bond donors (Lipinski definition) is 2. The van der Waals surface area contributed by atoms with Gasteiger partial charge in [-0.15, -0.1) is 0 Å². The Morgan fingerprint density at radius 2 is 1.81 bits per heavy atom. The standard InChI is InChI=1S/C16H28N2O2S/c1-5-10-21(19,20)15-8-6-14(7-9-15)18-16(4,12-17)11-13(2)3/h6-9,13,18H,5,10-12,17H2,1-4H3. The van der Waals surface area contributed by atoms with Crippen molar-refractivity contribution in [1.29, 1.82) is 0 Å². The number of anilines is 1. The van der Waals surface area contributed by atoms with Crippen molar-refractivity contribution in [3.63, 3.8) is 0 Å². The molecule has 0 bridgehead atoms. The highest BCUT2D eigenvalue weighted by molar-refractivity contribution is 7.91. The highest BCUT2D eigenvalue weighted by Gasteiger charge is 2.23. The van der Waals surface area contributed by atoms with Gasteiger partial charge in [0.1, 0.15) is 0 Å². The number of nitrogens with two attached hydrogens (primary N) is 1. The first kappa shape index (κ1) is 18.0. The van der Waals surface area contributed by atoms with E-state index in [1.54, 1.807) is 12.1 Å². The molecule has 0 aliphatic rings. The van der Waals surface area contributed by atoms with Gasteiger partial charge in [-0.25, -0.2) is 8.42 Å². The van der Waals surface area contributed by atoms with Crippen LogP contribution in [0.5, 0.6) is 0 Å². The molecule has 1 aromatic rings. The van der Waals surface area contributed by atoms with Crippen LogP contribution in [0.15, 0.2) is 29.2 Å². The largest absolute Gasteiger partial charge is 0.379 e. The van der Waals surface area contributed by atoms with Gasteiger partial charge >= 0.3 is 0 Å². The Kier molecular flexibility index (Phi) is 6.23. The van der Waals surface area contributed by atoms with Crippen molar-refractivity contribution >= 4 is 15.5 Å². The fraction of sp³-hybridized carbons (Fsp3) is 0.625. The second-order valence-electron chi connectivity index (χ2n) is 6.33. The number of hydrogen-bond acceptors (Lipinski definition) is 4. The Labute approximate surface area is 129 Å². The van der Waals surface area contributed by atoms with Gasteiger partial charge in [0, 0.05) is 17.8 Å². The topological polar surface area (TPSA) is 72.2 Å². The molecule has 4 nitrogen and oxygen atoms in total. The zero-order valence-electron chi connectivity index (χ0n) is 13.5. The van der Waals surface area contributed by atoms with Crippen LogP contribution in [0.3, 0.4) is 0 Å². The van der Waals surface area contributed by atoms with Gasteiger partial charge in [0.15, 0.2) is 9.84 Å². The average Bonchev–Trinajstić information content (AvgIpc) is 2.38. The molecule has 0 saturated carbocycles. The third-order valence-electron chi connectivity index (χ3n) is 3.44. The molecule has 21 heavy (non-hydrogen) atoms. The maximum absolute atomic E-state index is 12.0. The minimum Gasteiger partial charge on any atom is -0.379 e. The number of nitrogens with one attached hydrogen (secondary N) is 1. The molecule has 0 saturated heterocycles. The zero-order chi connectivity index (χ0) is 16.1. The molecule has 0 heterocycles. The molecule has 0 spiro atoms. The van der Waals surface area contributed by atoms with Gasteiger partial charge in [-0.05, 0) is 49.9 Å². The average molecular weight is 312 g/mol. The van der Waals surface area contributed by atoms with Crippen LogP contribution in [0, 0.1) is 5.92 Å². The minimum absolute atomic E-state index is 0.183. The molecule has 1 atom stereocenters. The molecule has 0 radical (unpaired) electrons. The molecule has 0 aliphatic heterocycles. The van der Waals surface area contributed by atoms with Gasteiger partial charge in [-0.2, -0.15) is 0 Å². The van der Waals surface area contributed by atoms with E-state index in [4.69, 9.17) is 5.73 Å². The van der Waals surface area contributed by atoms with E-state index in [1.165, 1.54) is 0 Å². The third kappa shape index (κ3) is 5.32. The molecule has 0 fully saturated rings. The second-order valence-corrected chi connectivity index (χ2v) is 8.44. The number of sulfone groups is 1. The number of rotatable bonds is 8. The molecule has 0 aliphatic carbocycles. The summed E-state index contributed by atoms with van der Waals surface area (Å²) in [5.74, 6) is 0.725. The van der Waals surface area contributed by atoms with Gasteiger partial charge in [0.2, 0.25) is 0 Å². The van der Waals surface area contributed by atoms with Crippen molar-refractivity contribution < 1.29 is 8.42 Å². The van der Waals surface area contributed by atoms with Crippen LogP contribution in [0.2, 0.25) is 0 Å². The van der Waals surface area contributed by atoms with E-state index in [9.17, 15) is 8.42 Å². The Morgan fingerprint density at radius 3 is 2.24 bits per heavy atom. The van der Waals surface area contributed by atoms with Gasteiger partial charge in [0.05, 0.1) is 10.6 Å². The second kappa shape index (κ2) is 7.27. The summed E-state index contributed by atoms with van der Waals surface area (Å²) in [6, 6.07) is 6.97. The van der Waals surface area contributed by atoms with Crippen molar-refractivity contribution in [2.45, 2.75) is 51.0 Å². The van der Waals surface area contributed by atoms with Crippen molar-refractivity contribution in [3.05, 3.63) is 24.3 Å². The first-order chi connectivity index (χ1) is 9.72. The molecule has 1 aromatic carbocycles. The van der Waals surface area contributed by atoms with E-state index < -0.39 is 9.84 Å². The first-order valence-corrected chi connectivity index (χ1v) is 9.19. The zero-order valence-corrected chi connectivity index (χ0v) is 14.3.